The Kier molecular flexibility index (Phi) is 2.65. The Morgan fingerprint density at radius 2 is 2.00 bits per heavy atom. The van der Waals surface area contributed by atoms with Gasteiger partial charge in [0.2, 0.25) is 0 Å². The minimum Gasteiger partial charge on any atom is -0.505 e. The number of nitrogen functional groups attached to an aromatic ring is 1. The third-order valence-corrected chi connectivity index (χ3v) is 2.07. The number of aromatic hydroxyl groups is 1. The molecule has 0 spiro atoms. The molecule has 0 heterocycles. The fraction of sp³-hybridized carbons (Fsp3) is 0.300. The van der Waals surface area contributed by atoms with Gasteiger partial charge in [0.05, 0.1) is 11.3 Å². The van der Waals surface area contributed by atoms with Gasteiger partial charge in [-0.3, -0.25) is 4.79 Å². The summed E-state index contributed by atoms with van der Waals surface area (Å²) in [5.41, 5.74) is 6.86. The predicted molar refractivity (Wildman–Crippen MR) is 55.3 cm³/mol. The number of carbonyl (C=O) groups is 1. The summed E-state index contributed by atoms with van der Waals surface area (Å²) >= 11 is 0. The van der Waals surface area contributed by atoms with Gasteiger partial charge in [0.25, 0.3) is 5.91 Å². The molecule has 0 saturated carbocycles. The summed E-state index contributed by atoms with van der Waals surface area (Å²) in [6, 6.07) is 3.29. The number of hydrogen-bond donors (Lipinski definition) is 2. The Balaban J connectivity index is 3.24. The van der Waals surface area contributed by atoms with Gasteiger partial charge in [-0.05, 0) is 18.6 Å². The molecule has 3 N–H and O–H groups in total. The van der Waals surface area contributed by atoms with E-state index in [-0.39, 0.29) is 22.9 Å². The van der Waals surface area contributed by atoms with Crippen LogP contribution in [0.15, 0.2) is 12.1 Å². The number of anilines is 1. The largest absolute Gasteiger partial charge is 0.505 e. The number of amides is 1. The van der Waals surface area contributed by atoms with Crippen LogP contribution in [0.2, 0.25) is 0 Å². The van der Waals surface area contributed by atoms with Gasteiger partial charge in [-0.25, -0.2) is 0 Å². The lowest BCUT2D eigenvalue weighted by molar-refractivity contribution is 0.0825. The molecule has 1 rings (SSSR count). The zero-order valence-electron chi connectivity index (χ0n) is 8.53. The number of hydrogen-bond acceptors (Lipinski definition) is 3. The molecule has 0 aliphatic carbocycles. The molecular formula is C10H14N2O2. The fourth-order valence-electron chi connectivity index (χ4n) is 1.12. The molecule has 1 aromatic carbocycles. The number of nitrogens with two attached hydrogens (primary N) is 1. The highest BCUT2D eigenvalue weighted by Crippen LogP contribution is 2.28. The fourth-order valence-corrected chi connectivity index (χ4v) is 1.12. The van der Waals surface area contributed by atoms with Gasteiger partial charge in [-0.15, -0.1) is 0 Å². The summed E-state index contributed by atoms with van der Waals surface area (Å²) in [5.74, 6) is -0.391. The normalized spacial score (nSPS) is 9.93. The van der Waals surface area contributed by atoms with Crippen LogP contribution >= 0.6 is 0 Å². The molecular weight excluding hydrogens is 180 g/mol. The maximum atomic E-state index is 11.5. The van der Waals surface area contributed by atoms with E-state index < -0.39 is 0 Å². The van der Waals surface area contributed by atoms with Crippen LogP contribution in [0.25, 0.3) is 0 Å². The predicted octanol–water partition coefficient (Wildman–Crippen LogP) is 0.985. The first kappa shape index (κ1) is 10.4. The van der Waals surface area contributed by atoms with Crippen LogP contribution in [0.3, 0.4) is 0 Å². The minimum absolute atomic E-state index is 0.135. The molecule has 1 amide bonds. The average Bonchev–Trinajstić information content (AvgIpc) is 2.13. The van der Waals surface area contributed by atoms with Crippen molar-refractivity contribution in [2.45, 2.75) is 6.92 Å². The Bertz CT molecular complexity index is 373. The van der Waals surface area contributed by atoms with E-state index in [9.17, 15) is 9.90 Å². The van der Waals surface area contributed by atoms with Gasteiger partial charge in [0.15, 0.2) is 5.75 Å². The molecule has 0 saturated heterocycles. The average molecular weight is 194 g/mol. The van der Waals surface area contributed by atoms with Crippen molar-refractivity contribution in [2.75, 3.05) is 19.8 Å². The lowest BCUT2D eigenvalue weighted by atomic mass is 10.1. The van der Waals surface area contributed by atoms with Crippen molar-refractivity contribution in [1.29, 1.82) is 0 Å². The van der Waals surface area contributed by atoms with Crippen LogP contribution in [0.4, 0.5) is 5.69 Å². The molecule has 0 aromatic heterocycles. The quantitative estimate of drug-likeness (QED) is 0.517. The van der Waals surface area contributed by atoms with E-state index in [2.05, 4.69) is 0 Å². The van der Waals surface area contributed by atoms with Gasteiger partial charge in [0.1, 0.15) is 0 Å². The van der Waals surface area contributed by atoms with Crippen molar-refractivity contribution in [3.63, 3.8) is 0 Å². The van der Waals surface area contributed by atoms with Gasteiger partial charge < -0.3 is 15.7 Å². The van der Waals surface area contributed by atoms with E-state index in [1.165, 1.54) is 4.90 Å². The first-order chi connectivity index (χ1) is 6.45. The Morgan fingerprint density at radius 3 is 2.50 bits per heavy atom. The molecule has 0 unspecified atom stereocenters. The number of carbonyl (C=O) groups excluding carboxylic acids is 1. The molecule has 14 heavy (non-hydrogen) atoms. The second-order valence-electron chi connectivity index (χ2n) is 3.39. The summed E-state index contributed by atoms with van der Waals surface area (Å²) in [6.45, 7) is 1.78. The standard InChI is InChI=1S/C10H14N2O2/c1-6-4-5-7(9(13)8(6)11)10(14)12(2)3/h4-5,13H,11H2,1-3H3. The van der Waals surface area contributed by atoms with E-state index >= 15 is 0 Å². The second kappa shape index (κ2) is 3.57. The van der Waals surface area contributed by atoms with Crippen LogP contribution in [0.5, 0.6) is 5.75 Å². The van der Waals surface area contributed by atoms with E-state index in [1.54, 1.807) is 33.2 Å². The molecule has 0 aliphatic heterocycles. The van der Waals surface area contributed by atoms with Crippen molar-refractivity contribution in [2.24, 2.45) is 0 Å². The number of phenolic OH excluding ortho intramolecular Hbond substituents is 1. The van der Waals surface area contributed by atoms with Gasteiger partial charge in [-0.1, -0.05) is 6.07 Å². The van der Waals surface area contributed by atoms with Crippen LogP contribution in [-0.2, 0) is 0 Å². The first-order valence-electron chi connectivity index (χ1n) is 4.25. The highest BCUT2D eigenvalue weighted by molar-refractivity contribution is 5.98. The first-order valence-corrected chi connectivity index (χ1v) is 4.25. The molecule has 0 bridgehead atoms. The van der Waals surface area contributed by atoms with Crippen molar-refractivity contribution in [3.05, 3.63) is 23.3 Å². The smallest absolute Gasteiger partial charge is 0.257 e. The zero-order valence-corrected chi connectivity index (χ0v) is 8.53. The Labute approximate surface area is 82.9 Å². The van der Waals surface area contributed by atoms with Crippen LogP contribution in [0.1, 0.15) is 15.9 Å². The molecule has 0 radical (unpaired) electrons. The number of rotatable bonds is 1. The summed E-state index contributed by atoms with van der Waals surface area (Å²) in [5, 5.41) is 9.63. The van der Waals surface area contributed by atoms with Gasteiger partial charge in [-0.2, -0.15) is 0 Å². The number of benzene rings is 1. The zero-order chi connectivity index (χ0) is 10.9. The molecule has 0 fully saturated rings. The highest BCUT2D eigenvalue weighted by atomic mass is 16.3. The number of phenols is 1. The van der Waals surface area contributed by atoms with Crippen LogP contribution in [-0.4, -0.2) is 30.0 Å². The van der Waals surface area contributed by atoms with E-state index in [1.807, 2.05) is 0 Å². The van der Waals surface area contributed by atoms with Crippen molar-refractivity contribution < 1.29 is 9.90 Å². The van der Waals surface area contributed by atoms with E-state index in [0.717, 1.165) is 5.56 Å². The molecule has 0 aliphatic rings. The highest BCUT2D eigenvalue weighted by Gasteiger charge is 2.15. The number of aryl methyl sites for hydroxylation is 1. The van der Waals surface area contributed by atoms with Gasteiger partial charge >= 0.3 is 0 Å². The number of nitrogens with zero attached hydrogens (tertiary/aromatic N) is 1. The van der Waals surface area contributed by atoms with Crippen LogP contribution in [0, 0.1) is 6.92 Å². The molecule has 4 heteroatoms. The van der Waals surface area contributed by atoms with Crippen molar-refractivity contribution in [1.82, 2.24) is 4.90 Å². The van der Waals surface area contributed by atoms with E-state index in [0.29, 0.717) is 0 Å². The third-order valence-electron chi connectivity index (χ3n) is 2.07. The summed E-state index contributed by atoms with van der Waals surface area (Å²) in [4.78, 5) is 12.9. The lowest BCUT2D eigenvalue weighted by Crippen LogP contribution is -2.22. The molecule has 1 aromatic rings. The maximum absolute atomic E-state index is 11.5. The summed E-state index contributed by atoms with van der Waals surface area (Å²) in [7, 11) is 3.25. The monoisotopic (exact) mass is 194 g/mol. The SMILES string of the molecule is Cc1ccc(C(=O)N(C)C)c(O)c1N. The van der Waals surface area contributed by atoms with E-state index in [4.69, 9.17) is 5.73 Å². The van der Waals surface area contributed by atoms with Crippen LogP contribution < -0.4 is 5.73 Å². The topological polar surface area (TPSA) is 66.6 Å². The lowest BCUT2D eigenvalue weighted by Gasteiger charge is -2.13. The molecule has 0 atom stereocenters. The Hall–Kier alpha value is -1.71. The second-order valence-corrected chi connectivity index (χ2v) is 3.39. The van der Waals surface area contributed by atoms with Crippen molar-refractivity contribution in [3.8, 4) is 5.75 Å². The van der Waals surface area contributed by atoms with Gasteiger partial charge in [0, 0.05) is 14.1 Å². The summed E-state index contributed by atoms with van der Waals surface area (Å²) < 4.78 is 0. The third kappa shape index (κ3) is 1.64. The molecule has 76 valence electrons. The molecule has 4 nitrogen and oxygen atoms in total. The van der Waals surface area contributed by atoms with Crippen molar-refractivity contribution >= 4 is 11.6 Å². The summed E-state index contributed by atoms with van der Waals surface area (Å²) in [6.07, 6.45) is 0. The minimum atomic E-state index is -0.255. The Morgan fingerprint density at radius 1 is 1.43 bits per heavy atom. The maximum Gasteiger partial charge on any atom is 0.257 e.